The van der Waals surface area contributed by atoms with E-state index in [1.165, 1.54) is 0 Å². The summed E-state index contributed by atoms with van der Waals surface area (Å²) in [6.07, 6.45) is 6.19. The Bertz CT molecular complexity index is 147. The van der Waals surface area contributed by atoms with Crippen LogP contribution < -0.4 is 5.73 Å². The van der Waals surface area contributed by atoms with Gasteiger partial charge in [0.2, 0.25) is 0 Å². The first-order valence-corrected chi connectivity index (χ1v) is 3.40. The predicted molar refractivity (Wildman–Crippen MR) is 38.5 cm³/mol. The number of halogens is 1. The van der Waals surface area contributed by atoms with Crippen LogP contribution in [-0.4, -0.2) is 0 Å². The number of nitrogens with two attached hydrogens (primary N) is 1. The maximum absolute atomic E-state index is 5.52. The molecule has 0 amide bonds. The van der Waals surface area contributed by atoms with E-state index in [4.69, 9.17) is 5.73 Å². The molecule has 1 rings (SSSR count). The third-order valence-corrected chi connectivity index (χ3v) is 2.00. The fraction of sp³-hybridized carbons (Fsp3) is 0.333. The molecule has 0 aromatic rings. The molecule has 1 nitrogen and oxygen atoms in total. The quantitative estimate of drug-likeness (QED) is 0.596. The zero-order valence-electron chi connectivity index (χ0n) is 4.52. The van der Waals surface area contributed by atoms with Crippen molar-refractivity contribution < 1.29 is 0 Å². The lowest BCUT2D eigenvalue weighted by molar-refractivity contribution is 0.998. The van der Waals surface area contributed by atoms with Crippen LogP contribution in [0.15, 0.2) is 22.3 Å². The van der Waals surface area contributed by atoms with Crippen LogP contribution in [0.25, 0.3) is 0 Å². The van der Waals surface area contributed by atoms with Gasteiger partial charge in [0.1, 0.15) is 0 Å². The van der Waals surface area contributed by atoms with Crippen LogP contribution in [0.2, 0.25) is 0 Å². The van der Waals surface area contributed by atoms with Crippen molar-refractivity contribution in [2.24, 2.45) is 5.73 Å². The van der Waals surface area contributed by atoms with Crippen LogP contribution in [-0.2, 0) is 0 Å². The summed E-state index contributed by atoms with van der Waals surface area (Å²) < 4.78 is 1.14. The molecular weight excluding hydrogens is 166 g/mol. The van der Waals surface area contributed by atoms with Crippen LogP contribution >= 0.6 is 15.9 Å². The molecular formula is C6H8BrN. The molecule has 0 aromatic carbocycles. The van der Waals surface area contributed by atoms with E-state index in [2.05, 4.69) is 22.0 Å². The average molecular weight is 174 g/mol. The fourth-order valence-electron chi connectivity index (χ4n) is 0.655. The van der Waals surface area contributed by atoms with Gasteiger partial charge in [0.15, 0.2) is 0 Å². The van der Waals surface area contributed by atoms with Crippen molar-refractivity contribution in [1.82, 2.24) is 0 Å². The third-order valence-electron chi connectivity index (χ3n) is 1.14. The first kappa shape index (κ1) is 5.89. The molecule has 2 heteroatoms. The summed E-state index contributed by atoms with van der Waals surface area (Å²) in [5.74, 6) is 0. The van der Waals surface area contributed by atoms with Crippen molar-refractivity contribution in [2.45, 2.75) is 12.8 Å². The summed E-state index contributed by atoms with van der Waals surface area (Å²) >= 11 is 3.36. The molecule has 0 heterocycles. The standard InChI is InChI=1S/C6H8BrN/c7-5-3-1-2-4-6(5)8/h2,4H,1,3,8H2. The SMILES string of the molecule is NC1=C(Br)CCC=C1. The Morgan fingerprint density at radius 1 is 1.62 bits per heavy atom. The van der Waals surface area contributed by atoms with Gasteiger partial charge in [0.25, 0.3) is 0 Å². The van der Waals surface area contributed by atoms with Crippen molar-refractivity contribution in [1.29, 1.82) is 0 Å². The monoisotopic (exact) mass is 173 g/mol. The minimum absolute atomic E-state index is 0.872. The van der Waals surface area contributed by atoms with Crippen molar-refractivity contribution in [3.8, 4) is 0 Å². The third kappa shape index (κ3) is 1.13. The molecule has 0 unspecified atom stereocenters. The molecule has 0 atom stereocenters. The minimum atomic E-state index is 0.872. The highest BCUT2D eigenvalue weighted by molar-refractivity contribution is 9.11. The summed E-state index contributed by atoms with van der Waals surface area (Å²) in [5.41, 5.74) is 6.40. The Morgan fingerprint density at radius 2 is 2.38 bits per heavy atom. The number of hydrogen-bond acceptors (Lipinski definition) is 1. The van der Waals surface area contributed by atoms with E-state index in [0.717, 1.165) is 23.0 Å². The first-order chi connectivity index (χ1) is 3.80. The van der Waals surface area contributed by atoms with Gasteiger partial charge >= 0.3 is 0 Å². The molecule has 0 spiro atoms. The van der Waals surface area contributed by atoms with E-state index in [1.54, 1.807) is 0 Å². The van der Waals surface area contributed by atoms with E-state index in [1.807, 2.05) is 6.08 Å². The summed E-state index contributed by atoms with van der Waals surface area (Å²) in [6, 6.07) is 0. The van der Waals surface area contributed by atoms with Crippen LogP contribution in [0.4, 0.5) is 0 Å². The molecule has 0 bridgehead atoms. The summed E-state index contributed by atoms with van der Waals surface area (Å²) in [7, 11) is 0. The van der Waals surface area contributed by atoms with Crippen molar-refractivity contribution in [2.75, 3.05) is 0 Å². The first-order valence-electron chi connectivity index (χ1n) is 2.61. The minimum Gasteiger partial charge on any atom is -0.398 e. The second kappa shape index (κ2) is 2.35. The Labute approximate surface area is 57.4 Å². The molecule has 44 valence electrons. The molecule has 0 fully saturated rings. The zero-order valence-corrected chi connectivity index (χ0v) is 6.11. The number of hydrogen-bond donors (Lipinski definition) is 1. The van der Waals surface area contributed by atoms with Gasteiger partial charge in [-0.3, -0.25) is 0 Å². The van der Waals surface area contributed by atoms with Crippen LogP contribution in [0.5, 0.6) is 0 Å². The maximum Gasteiger partial charge on any atom is 0.0413 e. The van der Waals surface area contributed by atoms with Gasteiger partial charge in [-0.2, -0.15) is 0 Å². The lowest BCUT2D eigenvalue weighted by Crippen LogP contribution is -1.98. The molecule has 0 aromatic heterocycles. The van der Waals surface area contributed by atoms with Gasteiger partial charge in [-0.15, -0.1) is 0 Å². The molecule has 0 saturated carbocycles. The van der Waals surface area contributed by atoms with Gasteiger partial charge in [-0.05, 0) is 18.9 Å². The molecule has 1 aliphatic carbocycles. The zero-order chi connectivity index (χ0) is 5.98. The molecule has 0 aliphatic heterocycles. The van der Waals surface area contributed by atoms with Crippen molar-refractivity contribution >= 4 is 15.9 Å². The van der Waals surface area contributed by atoms with Crippen molar-refractivity contribution in [3.63, 3.8) is 0 Å². The van der Waals surface area contributed by atoms with Gasteiger partial charge in [0.05, 0.1) is 0 Å². The highest BCUT2D eigenvalue weighted by Gasteiger charge is 1.99. The van der Waals surface area contributed by atoms with E-state index in [0.29, 0.717) is 0 Å². The highest BCUT2D eigenvalue weighted by Crippen LogP contribution is 2.20. The Balaban J connectivity index is 2.76. The van der Waals surface area contributed by atoms with E-state index < -0.39 is 0 Å². The number of allylic oxidation sites excluding steroid dienone is 3. The number of rotatable bonds is 0. The Hall–Kier alpha value is -0.240. The lowest BCUT2D eigenvalue weighted by Gasteiger charge is -2.04. The van der Waals surface area contributed by atoms with E-state index in [9.17, 15) is 0 Å². The fourth-order valence-corrected chi connectivity index (χ4v) is 1.02. The second-order valence-electron chi connectivity index (χ2n) is 1.80. The van der Waals surface area contributed by atoms with Crippen LogP contribution in [0.3, 0.4) is 0 Å². The highest BCUT2D eigenvalue weighted by atomic mass is 79.9. The summed E-state index contributed by atoms with van der Waals surface area (Å²) in [5, 5.41) is 0. The maximum atomic E-state index is 5.52. The van der Waals surface area contributed by atoms with Crippen LogP contribution in [0.1, 0.15) is 12.8 Å². The second-order valence-corrected chi connectivity index (χ2v) is 2.76. The Kier molecular flexibility index (Phi) is 1.73. The van der Waals surface area contributed by atoms with Gasteiger partial charge < -0.3 is 5.73 Å². The summed E-state index contributed by atoms with van der Waals surface area (Å²) in [4.78, 5) is 0. The normalized spacial score (nSPS) is 19.6. The molecule has 1 aliphatic rings. The average Bonchev–Trinajstić information content (AvgIpc) is 1.77. The predicted octanol–water partition coefficient (Wildman–Crippen LogP) is 1.90. The topological polar surface area (TPSA) is 26.0 Å². The van der Waals surface area contributed by atoms with Crippen molar-refractivity contribution in [3.05, 3.63) is 22.3 Å². The van der Waals surface area contributed by atoms with Gasteiger partial charge in [-0.1, -0.05) is 22.0 Å². The van der Waals surface area contributed by atoms with E-state index >= 15 is 0 Å². The largest absolute Gasteiger partial charge is 0.398 e. The molecule has 0 saturated heterocycles. The lowest BCUT2D eigenvalue weighted by atomic mass is 10.2. The molecule has 2 N–H and O–H groups in total. The summed E-state index contributed by atoms with van der Waals surface area (Å²) in [6.45, 7) is 0. The van der Waals surface area contributed by atoms with Crippen LogP contribution in [0, 0.1) is 0 Å². The smallest absolute Gasteiger partial charge is 0.0413 e. The molecule has 8 heavy (non-hydrogen) atoms. The molecule has 0 radical (unpaired) electrons. The van der Waals surface area contributed by atoms with Gasteiger partial charge in [0, 0.05) is 10.2 Å². The van der Waals surface area contributed by atoms with E-state index in [-0.39, 0.29) is 0 Å². The van der Waals surface area contributed by atoms with Gasteiger partial charge in [-0.25, -0.2) is 0 Å². The Morgan fingerprint density at radius 3 is 2.75 bits per heavy atom.